The fourth-order valence-corrected chi connectivity index (χ4v) is 1.04. The van der Waals surface area contributed by atoms with Crippen molar-refractivity contribution >= 4 is 5.97 Å². The third-order valence-electron chi connectivity index (χ3n) is 2.14. The van der Waals surface area contributed by atoms with E-state index in [1.807, 2.05) is 0 Å². The Morgan fingerprint density at radius 3 is 2.94 bits per heavy atom. The van der Waals surface area contributed by atoms with Gasteiger partial charge in [-0.05, 0) is 13.8 Å². The number of nitrogens with one attached hydrogen (secondary N) is 1. The van der Waals surface area contributed by atoms with Gasteiger partial charge in [0.1, 0.15) is 12.1 Å². The molecular weight excluding hydrogens is 212 g/mol. The quantitative estimate of drug-likeness (QED) is 0.748. The largest absolute Gasteiger partial charge is 0.480 e. The zero-order valence-corrected chi connectivity index (χ0v) is 9.61. The molecule has 0 fully saturated rings. The number of carbonyl (C=O) groups is 1. The summed E-state index contributed by atoms with van der Waals surface area (Å²) >= 11 is 0. The number of hydrogen-bond acceptors (Lipinski definition) is 5. The summed E-state index contributed by atoms with van der Waals surface area (Å²) in [6.45, 7) is 3.87. The second-order valence-corrected chi connectivity index (χ2v) is 4.00. The minimum atomic E-state index is -0.986. The Balaban J connectivity index is 2.51. The van der Waals surface area contributed by atoms with Crippen molar-refractivity contribution in [3.8, 4) is 0 Å². The van der Waals surface area contributed by atoms with Crippen LogP contribution in [-0.2, 0) is 22.7 Å². The van der Waals surface area contributed by atoms with Gasteiger partial charge in [0, 0.05) is 19.7 Å². The number of ether oxygens (including phenoxy) is 1. The number of aliphatic carboxylic acids is 1. The summed E-state index contributed by atoms with van der Waals surface area (Å²) in [5, 5.41) is 15.5. The number of hydrogen-bond donors (Lipinski definition) is 2. The lowest BCUT2D eigenvalue weighted by atomic mass is 10.1. The van der Waals surface area contributed by atoms with E-state index in [1.54, 1.807) is 27.0 Å². The Hall–Kier alpha value is -1.40. The molecule has 0 spiro atoms. The molecule has 90 valence electrons. The SMILES string of the molecule is COCc1cc(CNC(C)(C)C(=O)O)no1. The van der Waals surface area contributed by atoms with E-state index in [9.17, 15) is 4.79 Å². The first-order chi connectivity index (χ1) is 7.45. The Morgan fingerprint density at radius 1 is 1.69 bits per heavy atom. The lowest BCUT2D eigenvalue weighted by molar-refractivity contribution is -0.143. The Morgan fingerprint density at radius 2 is 2.38 bits per heavy atom. The standard InChI is InChI=1S/C10H16N2O4/c1-10(2,9(13)14)11-5-7-4-8(6-15-3)16-12-7/h4,11H,5-6H2,1-3H3,(H,13,14). The first-order valence-corrected chi connectivity index (χ1v) is 4.87. The van der Waals surface area contributed by atoms with Gasteiger partial charge in [-0.25, -0.2) is 0 Å². The molecule has 0 bridgehead atoms. The molecule has 0 atom stereocenters. The minimum Gasteiger partial charge on any atom is -0.480 e. The van der Waals surface area contributed by atoms with Crippen molar-refractivity contribution in [2.45, 2.75) is 32.5 Å². The zero-order valence-electron chi connectivity index (χ0n) is 9.61. The molecule has 1 rings (SSSR count). The molecule has 0 saturated carbocycles. The summed E-state index contributed by atoms with van der Waals surface area (Å²) in [5.74, 6) is -0.291. The number of rotatable bonds is 6. The predicted octanol–water partition coefficient (Wildman–Crippen LogP) is 0.774. The molecule has 16 heavy (non-hydrogen) atoms. The molecule has 0 aliphatic carbocycles. The lowest BCUT2D eigenvalue weighted by Crippen LogP contribution is -2.46. The van der Waals surface area contributed by atoms with Crippen LogP contribution in [0, 0.1) is 0 Å². The van der Waals surface area contributed by atoms with Crippen LogP contribution in [0.2, 0.25) is 0 Å². The van der Waals surface area contributed by atoms with E-state index in [4.69, 9.17) is 14.4 Å². The van der Waals surface area contributed by atoms with Crippen LogP contribution < -0.4 is 5.32 Å². The van der Waals surface area contributed by atoms with Gasteiger partial charge in [-0.3, -0.25) is 10.1 Å². The molecule has 1 aromatic heterocycles. The smallest absolute Gasteiger partial charge is 0.323 e. The van der Waals surface area contributed by atoms with Crippen LogP contribution in [0.25, 0.3) is 0 Å². The highest BCUT2D eigenvalue weighted by atomic mass is 16.5. The number of methoxy groups -OCH3 is 1. The third kappa shape index (κ3) is 3.32. The summed E-state index contributed by atoms with van der Waals surface area (Å²) in [6.07, 6.45) is 0. The van der Waals surface area contributed by atoms with Crippen LogP contribution in [0.5, 0.6) is 0 Å². The van der Waals surface area contributed by atoms with Gasteiger partial charge in [0.15, 0.2) is 5.76 Å². The molecule has 0 aliphatic heterocycles. The predicted molar refractivity (Wildman–Crippen MR) is 55.8 cm³/mol. The molecule has 6 nitrogen and oxygen atoms in total. The van der Waals surface area contributed by atoms with E-state index in [0.29, 0.717) is 24.6 Å². The van der Waals surface area contributed by atoms with Gasteiger partial charge in [0.25, 0.3) is 0 Å². The molecule has 2 N–H and O–H groups in total. The average molecular weight is 228 g/mol. The maximum atomic E-state index is 10.8. The maximum absolute atomic E-state index is 10.8. The molecule has 0 unspecified atom stereocenters. The molecule has 1 heterocycles. The third-order valence-corrected chi connectivity index (χ3v) is 2.14. The first-order valence-electron chi connectivity index (χ1n) is 4.87. The molecular formula is C10H16N2O4. The fourth-order valence-electron chi connectivity index (χ4n) is 1.04. The topological polar surface area (TPSA) is 84.6 Å². The number of carboxylic acids is 1. The molecule has 0 amide bonds. The summed E-state index contributed by atoms with van der Waals surface area (Å²) < 4.78 is 9.84. The van der Waals surface area contributed by atoms with Gasteiger partial charge >= 0.3 is 5.97 Å². The number of aromatic nitrogens is 1. The van der Waals surface area contributed by atoms with Crippen LogP contribution in [0.4, 0.5) is 0 Å². The van der Waals surface area contributed by atoms with Gasteiger partial charge in [-0.15, -0.1) is 0 Å². The number of carboxylic acid groups (broad SMARTS) is 1. The average Bonchev–Trinajstić information content (AvgIpc) is 2.63. The highest BCUT2D eigenvalue weighted by Gasteiger charge is 2.26. The fraction of sp³-hybridized carbons (Fsp3) is 0.600. The summed E-state index contributed by atoms with van der Waals surface area (Å²) in [5.41, 5.74) is -0.332. The molecule has 6 heteroatoms. The van der Waals surface area contributed by atoms with Crippen LogP contribution in [0.1, 0.15) is 25.3 Å². The summed E-state index contributed by atoms with van der Waals surface area (Å²) in [7, 11) is 1.56. The summed E-state index contributed by atoms with van der Waals surface area (Å²) in [4.78, 5) is 10.8. The van der Waals surface area contributed by atoms with Crippen LogP contribution in [-0.4, -0.2) is 28.9 Å². The van der Waals surface area contributed by atoms with E-state index < -0.39 is 11.5 Å². The van der Waals surface area contributed by atoms with Crippen LogP contribution >= 0.6 is 0 Å². The van der Waals surface area contributed by atoms with Gasteiger partial charge < -0.3 is 14.4 Å². The van der Waals surface area contributed by atoms with Crippen LogP contribution in [0.15, 0.2) is 10.6 Å². The minimum absolute atomic E-state index is 0.340. The first kappa shape index (κ1) is 12.7. The zero-order chi connectivity index (χ0) is 12.2. The molecule has 0 radical (unpaired) electrons. The number of nitrogens with zero attached hydrogens (tertiary/aromatic N) is 1. The Labute approximate surface area is 93.6 Å². The highest BCUT2D eigenvalue weighted by Crippen LogP contribution is 2.07. The van der Waals surface area contributed by atoms with Crippen molar-refractivity contribution in [3.63, 3.8) is 0 Å². The van der Waals surface area contributed by atoms with E-state index in [1.165, 1.54) is 0 Å². The normalized spacial score (nSPS) is 11.7. The Kier molecular flexibility index (Phi) is 4.03. The molecule has 0 aromatic carbocycles. The van der Waals surface area contributed by atoms with Crippen molar-refractivity contribution in [1.29, 1.82) is 0 Å². The van der Waals surface area contributed by atoms with Crippen molar-refractivity contribution in [2.24, 2.45) is 0 Å². The van der Waals surface area contributed by atoms with Crippen LogP contribution in [0.3, 0.4) is 0 Å². The van der Waals surface area contributed by atoms with Gasteiger partial charge in [0.2, 0.25) is 0 Å². The van der Waals surface area contributed by atoms with E-state index in [0.717, 1.165) is 0 Å². The second-order valence-electron chi connectivity index (χ2n) is 4.00. The van der Waals surface area contributed by atoms with E-state index in [-0.39, 0.29) is 0 Å². The van der Waals surface area contributed by atoms with Gasteiger partial charge in [-0.2, -0.15) is 0 Å². The van der Waals surface area contributed by atoms with Crippen molar-refractivity contribution < 1.29 is 19.2 Å². The highest BCUT2D eigenvalue weighted by molar-refractivity contribution is 5.77. The Bertz CT molecular complexity index is 359. The van der Waals surface area contributed by atoms with Crippen molar-refractivity contribution in [1.82, 2.24) is 10.5 Å². The summed E-state index contributed by atoms with van der Waals surface area (Å²) in [6, 6.07) is 1.73. The van der Waals surface area contributed by atoms with E-state index >= 15 is 0 Å². The van der Waals surface area contributed by atoms with Crippen molar-refractivity contribution in [3.05, 3.63) is 17.5 Å². The maximum Gasteiger partial charge on any atom is 0.323 e. The second kappa shape index (κ2) is 5.09. The van der Waals surface area contributed by atoms with Crippen molar-refractivity contribution in [2.75, 3.05) is 7.11 Å². The molecule has 1 aromatic rings. The van der Waals surface area contributed by atoms with Gasteiger partial charge in [0.05, 0.1) is 5.69 Å². The van der Waals surface area contributed by atoms with Gasteiger partial charge in [-0.1, -0.05) is 5.16 Å². The monoisotopic (exact) mass is 228 g/mol. The molecule has 0 aliphatic rings. The molecule has 0 saturated heterocycles. The van der Waals surface area contributed by atoms with E-state index in [2.05, 4.69) is 10.5 Å². The lowest BCUT2D eigenvalue weighted by Gasteiger charge is -2.19.